The van der Waals surface area contributed by atoms with E-state index in [1.165, 1.54) is 40.9 Å². The third-order valence-electron chi connectivity index (χ3n) is 5.06. The Balaban J connectivity index is 1.34. The summed E-state index contributed by atoms with van der Waals surface area (Å²) in [4.78, 5) is 49.3. The summed E-state index contributed by atoms with van der Waals surface area (Å²) in [5, 5.41) is 13.0. The molecule has 1 N–H and O–H groups in total. The van der Waals surface area contributed by atoms with Gasteiger partial charge in [-0.05, 0) is 29.8 Å². The molecule has 34 heavy (non-hydrogen) atoms. The van der Waals surface area contributed by atoms with Crippen molar-refractivity contribution in [1.29, 1.82) is 0 Å². The maximum absolute atomic E-state index is 12.8. The molecule has 0 aliphatic carbocycles. The van der Waals surface area contributed by atoms with Crippen LogP contribution in [0.2, 0.25) is 0 Å². The number of carbonyl (C=O) groups excluding carboxylic acids is 3. The minimum Gasteiger partial charge on any atom is -0.484 e. The van der Waals surface area contributed by atoms with Gasteiger partial charge in [0.05, 0.1) is 4.92 Å². The van der Waals surface area contributed by atoms with Gasteiger partial charge in [-0.3, -0.25) is 24.6 Å². The Kier molecular flexibility index (Phi) is 7.17. The number of thioether (sulfide) groups is 1. The lowest BCUT2D eigenvalue weighted by Gasteiger charge is -2.49. The number of esters is 1. The lowest BCUT2D eigenvalue weighted by atomic mass is 10.1. The number of hydrogen-bond donors (Lipinski definition) is 1. The fourth-order valence-corrected chi connectivity index (χ4v) is 5.32. The van der Waals surface area contributed by atoms with E-state index < -0.39 is 34.1 Å². The molecule has 2 aromatic rings. The second-order valence-electron chi connectivity index (χ2n) is 7.31. The second-order valence-corrected chi connectivity index (χ2v) is 9.37. The number of non-ortho nitro benzene ring substituents is 1. The number of nitrogens with one attached hydrogen (secondary N) is 1. The van der Waals surface area contributed by atoms with Crippen LogP contribution in [0.3, 0.4) is 0 Å². The Labute approximate surface area is 206 Å². The minimum absolute atomic E-state index is 0.0684. The van der Waals surface area contributed by atoms with Gasteiger partial charge in [-0.2, -0.15) is 0 Å². The van der Waals surface area contributed by atoms with Crippen molar-refractivity contribution in [2.45, 2.75) is 18.0 Å². The Morgan fingerprint density at radius 1 is 1.18 bits per heavy atom. The first kappa shape index (κ1) is 23.8. The summed E-state index contributed by atoms with van der Waals surface area (Å²) in [6, 6.07) is 13.7. The average molecular weight is 548 g/mol. The summed E-state index contributed by atoms with van der Waals surface area (Å²) in [7, 11) is 0. The van der Waals surface area contributed by atoms with Crippen LogP contribution in [0.4, 0.5) is 5.69 Å². The maximum atomic E-state index is 12.8. The van der Waals surface area contributed by atoms with Crippen molar-refractivity contribution in [3.63, 3.8) is 0 Å². The third-order valence-corrected chi connectivity index (χ3v) is 7.37. The molecular formula is C22H18BrN3O7S. The molecule has 2 amide bonds. The van der Waals surface area contributed by atoms with E-state index in [0.29, 0.717) is 21.5 Å². The Morgan fingerprint density at radius 2 is 1.88 bits per heavy atom. The monoisotopic (exact) mass is 547 g/mol. The molecule has 1 fully saturated rings. The first-order valence-electron chi connectivity index (χ1n) is 10.1. The van der Waals surface area contributed by atoms with E-state index in [-0.39, 0.29) is 24.6 Å². The van der Waals surface area contributed by atoms with Gasteiger partial charge in [0.1, 0.15) is 29.5 Å². The molecule has 0 aromatic heterocycles. The number of ether oxygens (including phenoxy) is 2. The van der Waals surface area contributed by atoms with E-state index in [1.807, 2.05) is 6.07 Å². The van der Waals surface area contributed by atoms with Crippen molar-refractivity contribution in [2.24, 2.45) is 0 Å². The number of benzene rings is 2. The Hall–Kier alpha value is -3.38. The largest absolute Gasteiger partial charge is 0.484 e. The zero-order chi connectivity index (χ0) is 24.2. The SMILES string of the molecule is O=C(COc1ccccc1)NC1C(=O)N2C(C(=O)OCc3ccc([N+](=O)[O-])cc3)=C(Br)CS[C@H]12. The molecule has 2 heterocycles. The average Bonchev–Trinajstić information content (AvgIpc) is 2.85. The highest BCUT2D eigenvalue weighted by molar-refractivity contribution is 9.11. The first-order valence-corrected chi connectivity index (χ1v) is 11.9. The first-order chi connectivity index (χ1) is 16.3. The molecule has 0 radical (unpaired) electrons. The van der Waals surface area contributed by atoms with Gasteiger partial charge in [0.15, 0.2) is 6.61 Å². The van der Waals surface area contributed by atoms with Gasteiger partial charge in [-0.1, -0.05) is 34.1 Å². The van der Waals surface area contributed by atoms with Crippen molar-refractivity contribution in [3.05, 3.63) is 80.5 Å². The molecule has 0 spiro atoms. The highest BCUT2D eigenvalue weighted by atomic mass is 79.9. The maximum Gasteiger partial charge on any atom is 0.356 e. The molecule has 4 rings (SSSR count). The van der Waals surface area contributed by atoms with Gasteiger partial charge < -0.3 is 14.8 Å². The van der Waals surface area contributed by atoms with E-state index in [0.717, 1.165) is 0 Å². The highest BCUT2D eigenvalue weighted by Gasteiger charge is 2.54. The molecule has 176 valence electrons. The van der Waals surface area contributed by atoms with Crippen LogP contribution in [0, 0.1) is 10.1 Å². The quantitative estimate of drug-likeness (QED) is 0.231. The molecule has 2 atom stereocenters. The van der Waals surface area contributed by atoms with Gasteiger partial charge in [0.2, 0.25) is 0 Å². The second kappa shape index (κ2) is 10.3. The Morgan fingerprint density at radius 3 is 2.56 bits per heavy atom. The standard InChI is InChI=1S/C22H18BrN3O7S/c23-16-12-34-21-18(24-17(27)11-32-15-4-2-1-3-5-15)20(28)25(21)19(16)22(29)33-10-13-6-8-14(9-7-13)26(30)31/h1-9,18,21H,10-12H2,(H,24,27)/t18?,21-/m1/s1. The third kappa shape index (κ3) is 5.07. The lowest BCUT2D eigenvalue weighted by Crippen LogP contribution is -2.70. The normalized spacial score (nSPS) is 19.1. The summed E-state index contributed by atoms with van der Waals surface area (Å²) in [6.07, 6.45) is 0. The van der Waals surface area contributed by atoms with Gasteiger partial charge in [0.25, 0.3) is 17.5 Å². The topological polar surface area (TPSA) is 128 Å². The van der Waals surface area contributed by atoms with Gasteiger partial charge in [0, 0.05) is 22.4 Å². The van der Waals surface area contributed by atoms with Crippen LogP contribution in [0.5, 0.6) is 5.75 Å². The molecule has 2 aromatic carbocycles. The molecular weight excluding hydrogens is 530 g/mol. The number of para-hydroxylation sites is 1. The van der Waals surface area contributed by atoms with Crippen LogP contribution < -0.4 is 10.1 Å². The molecule has 10 nitrogen and oxygen atoms in total. The van der Waals surface area contributed by atoms with Crippen LogP contribution >= 0.6 is 27.7 Å². The van der Waals surface area contributed by atoms with Crippen LogP contribution in [0.1, 0.15) is 5.56 Å². The van der Waals surface area contributed by atoms with Crippen molar-refractivity contribution in [2.75, 3.05) is 12.4 Å². The number of carbonyl (C=O) groups is 3. The molecule has 0 saturated carbocycles. The number of nitro groups is 1. The van der Waals surface area contributed by atoms with Gasteiger partial charge in [-0.15, -0.1) is 11.8 Å². The zero-order valence-corrected chi connectivity index (χ0v) is 19.9. The lowest BCUT2D eigenvalue weighted by molar-refractivity contribution is -0.384. The highest BCUT2D eigenvalue weighted by Crippen LogP contribution is 2.42. The number of amides is 2. The van der Waals surface area contributed by atoms with E-state index in [4.69, 9.17) is 9.47 Å². The molecule has 2 aliphatic rings. The fourth-order valence-electron chi connectivity index (χ4n) is 3.38. The predicted octanol–water partition coefficient (Wildman–Crippen LogP) is 2.72. The van der Waals surface area contributed by atoms with Crippen LogP contribution in [-0.4, -0.2) is 51.4 Å². The predicted molar refractivity (Wildman–Crippen MR) is 126 cm³/mol. The summed E-state index contributed by atoms with van der Waals surface area (Å²) < 4.78 is 11.3. The number of halogens is 1. The van der Waals surface area contributed by atoms with Gasteiger partial charge >= 0.3 is 5.97 Å². The van der Waals surface area contributed by atoms with Crippen molar-refractivity contribution in [3.8, 4) is 5.75 Å². The number of nitro benzene ring substituents is 1. The summed E-state index contributed by atoms with van der Waals surface area (Å²) in [5.74, 6) is -0.622. The van der Waals surface area contributed by atoms with Crippen molar-refractivity contribution < 1.29 is 28.8 Å². The summed E-state index contributed by atoms with van der Waals surface area (Å²) in [6.45, 7) is -0.355. The minimum atomic E-state index is -0.782. The number of nitrogens with zero attached hydrogens (tertiary/aromatic N) is 2. The van der Waals surface area contributed by atoms with Crippen molar-refractivity contribution >= 4 is 51.2 Å². The molecule has 1 saturated heterocycles. The summed E-state index contributed by atoms with van der Waals surface area (Å²) >= 11 is 4.74. The number of fused-ring (bicyclic) bond motifs is 1. The van der Waals surface area contributed by atoms with E-state index in [2.05, 4.69) is 21.2 Å². The number of β-lactam (4-membered cyclic amide) rings is 1. The molecule has 0 bridgehead atoms. The molecule has 1 unspecified atom stereocenters. The van der Waals surface area contributed by atoms with Crippen LogP contribution in [-0.2, 0) is 25.7 Å². The van der Waals surface area contributed by atoms with Crippen molar-refractivity contribution in [1.82, 2.24) is 10.2 Å². The van der Waals surface area contributed by atoms with E-state index in [1.54, 1.807) is 24.3 Å². The number of rotatable bonds is 8. The molecule has 2 aliphatic heterocycles. The van der Waals surface area contributed by atoms with Crippen LogP contribution in [0.15, 0.2) is 64.8 Å². The smallest absolute Gasteiger partial charge is 0.356 e. The van der Waals surface area contributed by atoms with Gasteiger partial charge in [-0.25, -0.2) is 4.79 Å². The van der Waals surface area contributed by atoms with E-state index in [9.17, 15) is 24.5 Å². The van der Waals surface area contributed by atoms with Crippen LogP contribution in [0.25, 0.3) is 0 Å². The van der Waals surface area contributed by atoms with E-state index >= 15 is 0 Å². The fraction of sp³-hybridized carbons (Fsp3) is 0.227. The Bertz CT molecular complexity index is 1160. The number of hydrogen-bond acceptors (Lipinski definition) is 8. The molecule has 12 heteroatoms. The summed E-state index contributed by atoms with van der Waals surface area (Å²) in [5.41, 5.74) is 0.582. The zero-order valence-electron chi connectivity index (χ0n) is 17.5.